The number of rotatable bonds is 8. The highest BCUT2D eigenvalue weighted by atomic mass is 16.2. The van der Waals surface area contributed by atoms with Gasteiger partial charge in [0.2, 0.25) is 17.7 Å². The molecule has 5 rings (SSSR count). The van der Waals surface area contributed by atoms with Crippen molar-refractivity contribution >= 4 is 40.1 Å². The van der Waals surface area contributed by atoms with Gasteiger partial charge in [-0.2, -0.15) is 0 Å². The lowest BCUT2D eigenvalue weighted by Crippen LogP contribution is -2.48. The van der Waals surface area contributed by atoms with Crippen LogP contribution < -0.4 is 15.5 Å². The lowest BCUT2D eigenvalue weighted by Gasteiger charge is -2.34. The second kappa shape index (κ2) is 12.1. The molecule has 3 amide bonds. The van der Waals surface area contributed by atoms with Crippen molar-refractivity contribution < 1.29 is 14.4 Å². The van der Waals surface area contributed by atoms with Crippen molar-refractivity contribution in [1.82, 2.24) is 20.3 Å². The van der Waals surface area contributed by atoms with Crippen molar-refractivity contribution in [3.63, 3.8) is 0 Å². The van der Waals surface area contributed by atoms with E-state index in [-0.39, 0.29) is 30.3 Å². The van der Waals surface area contributed by atoms with Crippen LogP contribution in [0.15, 0.2) is 72.8 Å². The van der Waals surface area contributed by atoms with E-state index in [1.165, 1.54) is 13.3 Å². The molecule has 1 saturated carbocycles. The van der Waals surface area contributed by atoms with Gasteiger partial charge in [-0.1, -0.05) is 60.9 Å². The number of fused-ring (bicyclic) bond motifs is 1. The average Bonchev–Trinajstić information content (AvgIpc) is 3.35. The van der Waals surface area contributed by atoms with Gasteiger partial charge in [-0.25, -0.2) is 4.68 Å². The van der Waals surface area contributed by atoms with Crippen LogP contribution in [0, 0.1) is 6.92 Å². The molecule has 0 aliphatic heterocycles. The van der Waals surface area contributed by atoms with Crippen LogP contribution in [0.4, 0.5) is 11.4 Å². The zero-order valence-electron chi connectivity index (χ0n) is 22.8. The highest BCUT2D eigenvalue weighted by Gasteiger charge is 2.35. The molecule has 206 valence electrons. The summed E-state index contributed by atoms with van der Waals surface area (Å²) in [6.07, 6.45) is 5.18. The zero-order chi connectivity index (χ0) is 28.1. The van der Waals surface area contributed by atoms with Gasteiger partial charge in [0.15, 0.2) is 0 Å². The number of aromatic nitrogens is 3. The summed E-state index contributed by atoms with van der Waals surface area (Å²) in [6.45, 7) is 3.28. The molecule has 4 aromatic rings. The predicted octanol–water partition coefficient (Wildman–Crippen LogP) is 4.92. The van der Waals surface area contributed by atoms with E-state index >= 15 is 0 Å². The lowest BCUT2D eigenvalue weighted by atomic mass is 9.93. The van der Waals surface area contributed by atoms with E-state index in [0.717, 1.165) is 42.3 Å². The van der Waals surface area contributed by atoms with E-state index in [1.54, 1.807) is 33.8 Å². The van der Waals surface area contributed by atoms with E-state index in [4.69, 9.17) is 0 Å². The Hall–Kier alpha value is -4.53. The molecule has 0 saturated heterocycles. The first-order valence-electron chi connectivity index (χ1n) is 13.7. The normalized spacial score (nSPS) is 14.4. The number of benzene rings is 3. The van der Waals surface area contributed by atoms with Gasteiger partial charge in [0, 0.05) is 24.3 Å². The lowest BCUT2D eigenvalue weighted by molar-refractivity contribution is -0.127. The van der Waals surface area contributed by atoms with Crippen molar-refractivity contribution in [1.29, 1.82) is 0 Å². The second-order valence-electron chi connectivity index (χ2n) is 10.3. The maximum Gasteiger partial charge on any atom is 0.249 e. The molecule has 9 heteroatoms. The van der Waals surface area contributed by atoms with Crippen molar-refractivity contribution in [2.75, 3.05) is 10.2 Å². The van der Waals surface area contributed by atoms with Crippen LogP contribution >= 0.6 is 0 Å². The molecule has 2 N–H and O–H groups in total. The smallest absolute Gasteiger partial charge is 0.249 e. The molecule has 1 fully saturated rings. The standard InChI is InChI=1S/C31H34N6O3/c1-21-10-6-7-13-26(21)30(31(40)33-23-11-4-3-5-12-23)37(25-18-16-24(17-19-25)32-22(2)38)29(39)20-36-28-15-9-8-14-27(28)34-35-36/h6-10,13-19,23,30H,3-5,11-12,20H2,1-2H3,(H,32,38)(H,33,40). The van der Waals surface area contributed by atoms with Gasteiger partial charge >= 0.3 is 0 Å². The van der Waals surface area contributed by atoms with Crippen molar-refractivity contribution in [3.05, 3.63) is 83.9 Å². The SMILES string of the molecule is CC(=O)Nc1ccc(N(C(=O)Cn2nnc3ccccc32)C(C(=O)NC2CCCCC2)c2ccccc2C)cc1. The summed E-state index contributed by atoms with van der Waals surface area (Å²) in [4.78, 5) is 41.5. The highest BCUT2D eigenvalue weighted by Crippen LogP contribution is 2.32. The highest BCUT2D eigenvalue weighted by molar-refractivity contribution is 6.02. The fraction of sp³-hybridized carbons (Fsp3) is 0.323. The Morgan fingerprint density at radius 3 is 2.38 bits per heavy atom. The van der Waals surface area contributed by atoms with E-state index in [0.29, 0.717) is 16.9 Å². The third-order valence-corrected chi connectivity index (χ3v) is 7.38. The number of anilines is 2. The number of hydrogen-bond donors (Lipinski definition) is 2. The minimum Gasteiger partial charge on any atom is -0.351 e. The molecule has 1 heterocycles. The molecular formula is C31H34N6O3. The average molecular weight is 539 g/mol. The maximum atomic E-state index is 14.2. The molecule has 1 unspecified atom stereocenters. The molecule has 40 heavy (non-hydrogen) atoms. The van der Waals surface area contributed by atoms with Crippen LogP contribution in [0.5, 0.6) is 0 Å². The summed E-state index contributed by atoms with van der Waals surface area (Å²) in [5, 5.41) is 14.4. The summed E-state index contributed by atoms with van der Waals surface area (Å²) in [7, 11) is 0. The van der Waals surface area contributed by atoms with Crippen LogP contribution in [0.1, 0.15) is 56.2 Å². The summed E-state index contributed by atoms with van der Waals surface area (Å²) in [5.74, 6) is -0.720. The summed E-state index contributed by atoms with van der Waals surface area (Å²) in [6, 6.07) is 21.2. The minimum absolute atomic E-state index is 0.0751. The molecule has 3 aromatic carbocycles. The van der Waals surface area contributed by atoms with Crippen LogP contribution in [0.3, 0.4) is 0 Å². The third-order valence-electron chi connectivity index (χ3n) is 7.38. The molecule has 1 aliphatic rings. The molecular weight excluding hydrogens is 504 g/mol. The largest absolute Gasteiger partial charge is 0.351 e. The Morgan fingerprint density at radius 1 is 0.950 bits per heavy atom. The Bertz CT molecular complexity index is 1510. The Morgan fingerprint density at radius 2 is 1.65 bits per heavy atom. The number of aryl methyl sites for hydroxylation is 1. The molecule has 1 aromatic heterocycles. The fourth-order valence-electron chi connectivity index (χ4n) is 5.40. The topological polar surface area (TPSA) is 109 Å². The van der Waals surface area contributed by atoms with E-state index in [2.05, 4.69) is 20.9 Å². The van der Waals surface area contributed by atoms with Gasteiger partial charge in [-0.05, 0) is 67.3 Å². The Balaban J connectivity index is 1.57. The number of hydrogen-bond acceptors (Lipinski definition) is 5. The van der Waals surface area contributed by atoms with Crippen LogP contribution in [0.25, 0.3) is 11.0 Å². The van der Waals surface area contributed by atoms with Crippen LogP contribution in [0.2, 0.25) is 0 Å². The quantitative estimate of drug-likeness (QED) is 0.331. The van der Waals surface area contributed by atoms with Gasteiger partial charge in [0.05, 0.1) is 5.52 Å². The zero-order valence-corrected chi connectivity index (χ0v) is 22.8. The number of nitrogens with one attached hydrogen (secondary N) is 2. The summed E-state index contributed by atoms with van der Waals surface area (Å²) in [5.41, 5.74) is 4.22. The van der Waals surface area contributed by atoms with Crippen LogP contribution in [-0.2, 0) is 20.9 Å². The van der Waals surface area contributed by atoms with Gasteiger partial charge in [0.1, 0.15) is 18.1 Å². The first-order chi connectivity index (χ1) is 19.4. The first-order valence-corrected chi connectivity index (χ1v) is 13.7. The van der Waals surface area contributed by atoms with E-state index in [1.807, 2.05) is 55.5 Å². The Labute approximate surface area is 233 Å². The van der Waals surface area contributed by atoms with Gasteiger partial charge < -0.3 is 10.6 Å². The molecule has 0 radical (unpaired) electrons. The Kier molecular flexibility index (Phi) is 8.19. The van der Waals surface area contributed by atoms with Gasteiger partial charge in [-0.15, -0.1) is 5.10 Å². The van der Waals surface area contributed by atoms with Gasteiger partial charge in [0.25, 0.3) is 0 Å². The van der Waals surface area contributed by atoms with Crippen LogP contribution in [-0.4, -0.2) is 38.8 Å². The molecule has 0 spiro atoms. The third kappa shape index (κ3) is 6.03. The van der Waals surface area contributed by atoms with Crippen molar-refractivity contribution in [2.24, 2.45) is 0 Å². The second-order valence-corrected chi connectivity index (χ2v) is 10.3. The number of carbonyl (C=O) groups is 3. The maximum absolute atomic E-state index is 14.2. The molecule has 1 atom stereocenters. The van der Waals surface area contributed by atoms with E-state index < -0.39 is 6.04 Å². The summed E-state index contributed by atoms with van der Waals surface area (Å²) < 4.78 is 1.56. The molecule has 0 bridgehead atoms. The van der Waals surface area contributed by atoms with Crippen molar-refractivity contribution in [3.8, 4) is 0 Å². The minimum atomic E-state index is -0.906. The summed E-state index contributed by atoms with van der Waals surface area (Å²) >= 11 is 0. The molecule has 9 nitrogen and oxygen atoms in total. The first kappa shape index (κ1) is 27.1. The monoisotopic (exact) mass is 538 g/mol. The number of nitrogens with zero attached hydrogens (tertiary/aromatic N) is 4. The predicted molar refractivity (Wildman–Crippen MR) is 155 cm³/mol. The number of amides is 3. The number of carbonyl (C=O) groups excluding carboxylic acids is 3. The van der Waals surface area contributed by atoms with E-state index in [9.17, 15) is 14.4 Å². The molecule has 1 aliphatic carbocycles. The van der Waals surface area contributed by atoms with Crippen molar-refractivity contribution in [2.45, 2.75) is 64.6 Å². The van der Waals surface area contributed by atoms with Gasteiger partial charge in [-0.3, -0.25) is 19.3 Å². The fourth-order valence-corrected chi connectivity index (χ4v) is 5.40. The number of para-hydroxylation sites is 1.